The molecule has 1 aromatic heterocycles. The summed E-state index contributed by atoms with van der Waals surface area (Å²) in [6.07, 6.45) is 2.61. The molecule has 0 amide bonds. The smallest absolute Gasteiger partial charge is 0.139 e. The van der Waals surface area contributed by atoms with Gasteiger partial charge in [-0.15, -0.1) is 0 Å². The first-order valence-corrected chi connectivity index (χ1v) is 10.7. The molecule has 3 aromatic carbocycles. The van der Waals surface area contributed by atoms with Gasteiger partial charge >= 0.3 is 0 Å². The quantitative estimate of drug-likeness (QED) is 0.344. The van der Waals surface area contributed by atoms with Gasteiger partial charge in [0.1, 0.15) is 36.6 Å². The van der Waals surface area contributed by atoms with Crippen LogP contribution in [0.5, 0.6) is 5.75 Å². The van der Waals surface area contributed by atoms with Crippen molar-refractivity contribution in [1.29, 1.82) is 0 Å². The molecule has 0 radical (unpaired) electrons. The molecule has 29 heavy (non-hydrogen) atoms. The average molecular weight is 407 g/mol. The van der Waals surface area contributed by atoms with Crippen LogP contribution in [-0.2, 0) is 6.54 Å². The van der Waals surface area contributed by atoms with E-state index in [4.69, 9.17) is 20.8 Å². The molecule has 0 saturated carbocycles. The number of benzene rings is 3. The van der Waals surface area contributed by atoms with Gasteiger partial charge in [0.2, 0.25) is 0 Å². The fourth-order valence-corrected chi connectivity index (χ4v) is 4.78. The topological polar surface area (TPSA) is 22.4 Å². The Labute approximate surface area is 176 Å². The van der Waals surface area contributed by atoms with Gasteiger partial charge in [-0.25, -0.2) is 0 Å². The highest BCUT2D eigenvalue weighted by atomic mass is 35.5. The summed E-state index contributed by atoms with van der Waals surface area (Å²) in [7, 11) is 0. The second-order valence-electron chi connectivity index (χ2n) is 8.11. The predicted molar refractivity (Wildman–Crippen MR) is 118 cm³/mol. The Morgan fingerprint density at radius 3 is 2.38 bits per heavy atom. The largest absolute Gasteiger partial charge is 0.488 e. The van der Waals surface area contributed by atoms with Crippen LogP contribution in [-0.4, -0.2) is 30.7 Å². The Morgan fingerprint density at radius 2 is 1.59 bits per heavy atom. The third-order valence-electron chi connectivity index (χ3n) is 6.12. The van der Waals surface area contributed by atoms with Crippen molar-refractivity contribution in [3.8, 4) is 5.75 Å². The molecular formula is C25H25ClNO2+. The van der Waals surface area contributed by atoms with Crippen molar-refractivity contribution >= 4 is 33.5 Å². The van der Waals surface area contributed by atoms with Crippen molar-refractivity contribution in [1.82, 2.24) is 0 Å². The summed E-state index contributed by atoms with van der Waals surface area (Å²) in [4.78, 5) is 0. The lowest BCUT2D eigenvalue weighted by atomic mass is 10.1. The Morgan fingerprint density at radius 1 is 0.862 bits per heavy atom. The van der Waals surface area contributed by atoms with Gasteiger partial charge in [0.25, 0.3) is 0 Å². The number of nitrogens with zero attached hydrogens (tertiary/aromatic N) is 1. The molecule has 4 aromatic rings. The highest BCUT2D eigenvalue weighted by Gasteiger charge is 2.32. The normalized spacial score (nSPS) is 15.9. The second-order valence-corrected chi connectivity index (χ2v) is 8.55. The monoisotopic (exact) mass is 406 g/mol. The van der Waals surface area contributed by atoms with Gasteiger partial charge < -0.3 is 13.6 Å². The van der Waals surface area contributed by atoms with Gasteiger partial charge in [0.05, 0.1) is 13.1 Å². The third-order valence-corrected chi connectivity index (χ3v) is 6.35. The van der Waals surface area contributed by atoms with E-state index in [1.54, 1.807) is 0 Å². The first-order chi connectivity index (χ1) is 14.2. The number of hydrogen-bond donors (Lipinski definition) is 0. The van der Waals surface area contributed by atoms with Crippen molar-refractivity contribution < 1.29 is 13.6 Å². The fourth-order valence-electron chi connectivity index (χ4n) is 4.62. The number of furan rings is 1. The number of hydrogen-bond acceptors (Lipinski definition) is 2. The lowest BCUT2D eigenvalue weighted by Gasteiger charge is -2.34. The first kappa shape index (κ1) is 18.5. The molecular weight excluding hydrogens is 382 g/mol. The van der Waals surface area contributed by atoms with Crippen LogP contribution in [0.15, 0.2) is 71.1 Å². The van der Waals surface area contributed by atoms with Crippen LogP contribution < -0.4 is 4.74 Å². The summed E-state index contributed by atoms with van der Waals surface area (Å²) < 4.78 is 13.3. The Hall–Kier alpha value is -2.49. The lowest BCUT2D eigenvalue weighted by Crippen LogP contribution is -2.47. The van der Waals surface area contributed by atoms with Crippen LogP contribution in [0, 0.1) is 0 Å². The number of ether oxygens (including phenoxy) is 1. The molecule has 2 heterocycles. The van der Waals surface area contributed by atoms with Gasteiger partial charge in [-0.1, -0.05) is 41.9 Å². The predicted octanol–water partition coefficient (Wildman–Crippen LogP) is 6.43. The van der Waals surface area contributed by atoms with Crippen LogP contribution in [0.3, 0.4) is 0 Å². The minimum Gasteiger partial charge on any atom is -0.488 e. The van der Waals surface area contributed by atoms with E-state index in [2.05, 4.69) is 36.4 Å². The molecule has 1 fully saturated rings. The van der Waals surface area contributed by atoms with Crippen LogP contribution in [0.4, 0.5) is 0 Å². The Kier molecular flexibility index (Phi) is 4.94. The lowest BCUT2D eigenvalue weighted by molar-refractivity contribution is -0.929. The van der Waals surface area contributed by atoms with Crippen LogP contribution >= 0.6 is 11.6 Å². The summed E-state index contributed by atoms with van der Waals surface area (Å²) in [6, 6.07) is 22.7. The summed E-state index contributed by atoms with van der Waals surface area (Å²) in [5, 5.41) is 2.86. The van der Waals surface area contributed by atoms with E-state index >= 15 is 0 Å². The zero-order valence-corrected chi connectivity index (χ0v) is 17.2. The van der Waals surface area contributed by atoms with Crippen molar-refractivity contribution in [2.24, 2.45) is 0 Å². The van der Waals surface area contributed by atoms with E-state index in [1.165, 1.54) is 31.5 Å². The number of quaternary nitrogens is 1. The molecule has 0 unspecified atom stereocenters. The van der Waals surface area contributed by atoms with Gasteiger partial charge in [0, 0.05) is 46.3 Å². The van der Waals surface area contributed by atoms with E-state index in [9.17, 15) is 0 Å². The third kappa shape index (κ3) is 3.85. The summed E-state index contributed by atoms with van der Waals surface area (Å²) >= 11 is 6.09. The minimum absolute atomic E-state index is 0.686. The van der Waals surface area contributed by atoms with Crippen molar-refractivity contribution in [2.75, 3.05) is 26.2 Å². The molecule has 0 aliphatic carbocycles. The van der Waals surface area contributed by atoms with Gasteiger partial charge in [-0.05, 0) is 24.3 Å². The highest BCUT2D eigenvalue weighted by Crippen LogP contribution is 2.33. The SMILES string of the molecule is Clc1ccc2c(c1)oc1cc(OCC[N+]3(Cc4ccccc4)CCCC3)ccc12. The fraction of sp³-hybridized carbons (Fsp3) is 0.280. The first-order valence-electron chi connectivity index (χ1n) is 10.3. The van der Waals surface area contributed by atoms with Crippen LogP contribution in [0.2, 0.25) is 5.02 Å². The molecule has 1 saturated heterocycles. The standard InChI is InChI=1S/C25H25ClNO2/c26-20-8-10-22-23-11-9-21(17-25(23)29-24(22)16-20)28-15-14-27(12-4-5-13-27)18-19-6-2-1-3-7-19/h1-3,6-11,16-17H,4-5,12-15,18H2/q+1. The molecule has 0 N–H and O–H groups in total. The maximum atomic E-state index is 6.16. The van der Waals surface area contributed by atoms with E-state index in [0.717, 1.165) is 45.3 Å². The van der Waals surface area contributed by atoms with Gasteiger partial charge in [-0.2, -0.15) is 0 Å². The molecule has 0 bridgehead atoms. The summed E-state index contributed by atoms with van der Waals surface area (Å²) in [6.45, 7) is 5.31. The van der Waals surface area contributed by atoms with Crippen molar-refractivity contribution in [3.63, 3.8) is 0 Å². The van der Waals surface area contributed by atoms with E-state index in [-0.39, 0.29) is 0 Å². The zero-order valence-electron chi connectivity index (χ0n) is 16.4. The maximum absolute atomic E-state index is 6.16. The number of halogens is 1. The molecule has 1 aliphatic heterocycles. The number of fused-ring (bicyclic) bond motifs is 3. The van der Waals surface area contributed by atoms with Crippen LogP contribution in [0.25, 0.3) is 21.9 Å². The summed E-state index contributed by atoms with van der Waals surface area (Å²) in [5.74, 6) is 0.861. The molecule has 4 heteroatoms. The zero-order chi connectivity index (χ0) is 19.7. The molecule has 0 atom stereocenters. The Bertz CT molecular complexity index is 1130. The number of likely N-dealkylation sites (tertiary alicyclic amines) is 1. The molecule has 148 valence electrons. The van der Waals surface area contributed by atoms with E-state index in [0.29, 0.717) is 11.6 Å². The van der Waals surface area contributed by atoms with Gasteiger partial charge in [-0.3, -0.25) is 0 Å². The average Bonchev–Trinajstić information content (AvgIpc) is 3.32. The van der Waals surface area contributed by atoms with E-state index in [1.807, 2.05) is 30.3 Å². The summed E-state index contributed by atoms with van der Waals surface area (Å²) in [5.41, 5.74) is 3.07. The Balaban J connectivity index is 1.30. The van der Waals surface area contributed by atoms with E-state index < -0.39 is 0 Å². The molecule has 5 rings (SSSR count). The molecule has 1 aliphatic rings. The maximum Gasteiger partial charge on any atom is 0.139 e. The second kappa shape index (κ2) is 7.74. The molecule has 3 nitrogen and oxygen atoms in total. The van der Waals surface area contributed by atoms with Crippen LogP contribution in [0.1, 0.15) is 18.4 Å². The van der Waals surface area contributed by atoms with Crippen molar-refractivity contribution in [2.45, 2.75) is 19.4 Å². The number of rotatable bonds is 6. The minimum atomic E-state index is 0.686. The molecule has 0 spiro atoms. The van der Waals surface area contributed by atoms with Crippen molar-refractivity contribution in [3.05, 3.63) is 77.3 Å². The van der Waals surface area contributed by atoms with Gasteiger partial charge in [0.15, 0.2) is 0 Å². The highest BCUT2D eigenvalue weighted by molar-refractivity contribution is 6.31.